The molecule has 43 heavy (non-hydrogen) atoms. The van der Waals surface area contributed by atoms with E-state index in [1.165, 1.54) is 16.2 Å². The minimum Gasteiger partial charge on any atom is -0.457 e. The minimum absolute atomic E-state index is 0.174. The Bertz CT molecular complexity index is 1540. The molecule has 0 bridgehead atoms. The molecule has 0 saturated carbocycles. The molecule has 1 fully saturated rings. The first-order chi connectivity index (χ1) is 20.9. The maximum absolute atomic E-state index is 14.3. The molecule has 1 aliphatic heterocycles. The second-order valence-electron chi connectivity index (χ2n) is 10.2. The summed E-state index contributed by atoms with van der Waals surface area (Å²) in [6, 6.07) is 26.6. The van der Waals surface area contributed by atoms with Crippen LogP contribution in [0.5, 0.6) is 11.5 Å². The highest BCUT2D eigenvalue weighted by atomic mass is 35.5. The molecule has 2 N–H and O–H groups in total. The molecular formula is C33H33ClN4O4S. The molecule has 0 aliphatic carbocycles. The van der Waals surface area contributed by atoms with Gasteiger partial charge in [0.2, 0.25) is 11.8 Å². The average Bonchev–Trinajstić information content (AvgIpc) is 3.58. The van der Waals surface area contributed by atoms with Crippen LogP contribution in [0.3, 0.4) is 0 Å². The fraction of sp³-hybridized carbons (Fsp3) is 0.242. The Labute approximate surface area is 260 Å². The quantitative estimate of drug-likeness (QED) is 0.237. The number of nitrogens with one attached hydrogen (secondary N) is 2. The first-order valence-corrected chi connectivity index (χ1v) is 15.4. The third-order valence-electron chi connectivity index (χ3n) is 7.21. The highest BCUT2D eigenvalue weighted by Gasteiger charge is 2.39. The Hall–Kier alpha value is -4.18. The van der Waals surface area contributed by atoms with Gasteiger partial charge in [-0.2, -0.15) is 0 Å². The second-order valence-corrected chi connectivity index (χ2v) is 11.4. The summed E-state index contributed by atoms with van der Waals surface area (Å²) in [7, 11) is 0. The van der Waals surface area contributed by atoms with Crippen LogP contribution in [0.4, 0.5) is 5.69 Å². The fourth-order valence-electron chi connectivity index (χ4n) is 5.08. The van der Waals surface area contributed by atoms with Crippen LogP contribution in [0.25, 0.3) is 0 Å². The Morgan fingerprint density at radius 2 is 1.77 bits per heavy atom. The molecule has 1 aromatic heterocycles. The lowest BCUT2D eigenvalue weighted by atomic mass is 10.1. The monoisotopic (exact) mass is 616 g/mol. The van der Waals surface area contributed by atoms with E-state index in [0.29, 0.717) is 41.7 Å². The number of ether oxygens (including phenoxy) is 1. The van der Waals surface area contributed by atoms with Crippen LogP contribution in [0.1, 0.15) is 22.0 Å². The number of halogens is 1. The van der Waals surface area contributed by atoms with Gasteiger partial charge in [-0.05, 0) is 59.8 Å². The van der Waals surface area contributed by atoms with Gasteiger partial charge in [0.05, 0.1) is 0 Å². The summed E-state index contributed by atoms with van der Waals surface area (Å²) in [6.07, 6.45) is 0. The van der Waals surface area contributed by atoms with Crippen molar-refractivity contribution in [2.24, 2.45) is 0 Å². The zero-order chi connectivity index (χ0) is 30.2. The van der Waals surface area contributed by atoms with E-state index in [9.17, 15) is 14.4 Å². The molecule has 2 atom stereocenters. The van der Waals surface area contributed by atoms with Crippen LogP contribution in [-0.4, -0.2) is 54.2 Å². The van der Waals surface area contributed by atoms with Crippen LogP contribution in [0.15, 0.2) is 96.4 Å². The standard InChI is InChI=1S/C33H33ClN4O4S/c1-23-19-26(42-25-11-6-3-7-12-25)14-15-28(23)38(30(39)20-34)31(29-13-8-18-43-29)33(41)37-17-16-35-27(22-37)32(40)36-21-24-9-4-2-5-10-24/h2-15,18-19,27,31,35H,16-17,20-22H2,1H3,(H,36,40)/t27?,31-/m1/s1. The Balaban J connectivity index is 1.39. The van der Waals surface area contributed by atoms with Crippen LogP contribution >= 0.6 is 22.9 Å². The Kier molecular flexibility index (Phi) is 10.1. The minimum atomic E-state index is -0.947. The lowest BCUT2D eigenvalue weighted by Gasteiger charge is -2.38. The molecule has 8 nitrogen and oxygen atoms in total. The average molecular weight is 617 g/mol. The van der Waals surface area contributed by atoms with Gasteiger partial charge >= 0.3 is 0 Å². The van der Waals surface area contributed by atoms with Crippen molar-refractivity contribution in [1.29, 1.82) is 0 Å². The van der Waals surface area contributed by atoms with Gasteiger partial charge in [0.15, 0.2) is 0 Å². The van der Waals surface area contributed by atoms with Crippen LogP contribution in [-0.2, 0) is 20.9 Å². The van der Waals surface area contributed by atoms with Gasteiger partial charge in [-0.1, -0.05) is 54.6 Å². The van der Waals surface area contributed by atoms with Crippen molar-refractivity contribution in [3.63, 3.8) is 0 Å². The predicted molar refractivity (Wildman–Crippen MR) is 170 cm³/mol. The maximum Gasteiger partial charge on any atom is 0.251 e. The summed E-state index contributed by atoms with van der Waals surface area (Å²) in [4.78, 5) is 44.7. The topological polar surface area (TPSA) is 91.0 Å². The Morgan fingerprint density at radius 1 is 1.02 bits per heavy atom. The Morgan fingerprint density at radius 3 is 2.44 bits per heavy atom. The van der Waals surface area contributed by atoms with Crippen molar-refractivity contribution in [2.75, 3.05) is 30.4 Å². The summed E-state index contributed by atoms with van der Waals surface area (Å²) >= 11 is 7.53. The van der Waals surface area contributed by atoms with Crippen molar-refractivity contribution in [1.82, 2.24) is 15.5 Å². The molecule has 2 heterocycles. The number of hydrogen-bond acceptors (Lipinski definition) is 6. The van der Waals surface area contributed by atoms with Gasteiger partial charge in [-0.3, -0.25) is 19.3 Å². The molecule has 10 heteroatoms. The first-order valence-electron chi connectivity index (χ1n) is 14.0. The number of nitrogens with zero attached hydrogens (tertiary/aromatic N) is 2. The summed E-state index contributed by atoms with van der Waals surface area (Å²) < 4.78 is 5.99. The molecular weight excluding hydrogens is 584 g/mol. The molecule has 0 radical (unpaired) electrons. The smallest absolute Gasteiger partial charge is 0.251 e. The summed E-state index contributed by atoms with van der Waals surface area (Å²) in [5, 5.41) is 8.06. The predicted octanol–water partition coefficient (Wildman–Crippen LogP) is 5.28. The number of alkyl halides is 1. The number of anilines is 1. The highest BCUT2D eigenvalue weighted by Crippen LogP contribution is 2.36. The zero-order valence-corrected chi connectivity index (χ0v) is 25.3. The molecule has 5 rings (SSSR count). The molecule has 1 aliphatic rings. The highest BCUT2D eigenvalue weighted by molar-refractivity contribution is 7.10. The van der Waals surface area contributed by atoms with E-state index in [0.717, 1.165) is 11.1 Å². The molecule has 1 saturated heterocycles. The number of hydrogen-bond donors (Lipinski definition) is 2. The summed E-state index contributed by atoms with van der Waals surface area (Å²) in [6.45, 7) is 3.28. The van der Waals surface area contributed by atoms with Gasteiger partial charge in [0.25, 0.3) is 5.91 Å². The van der Waals surface area contributed by atoms with Crippen molar-refractivity contribution in [3.05, 3.63) is 112 Å². The molecule has 222 valence electrons. The first kappa shape index (κ1) is 30.3. The van der Waals surface area contributed by atoms with E-state index >= 15 is 0 Å². The van der Waals surface area contributed by atoms with Gasteiger partial charge in [-0.15, -0.1) is 22.9 Å². The van der Waals surface area contributed by atoms with Crippen LogP contribution < -0.4 is 20.3 Å². The normalized spacial score (nSPS) is 15.4. The lowest BCUT2D eigenvalue weighted by molar-refractivity contribution is -0.137. The van der Waals surface area contributed by atoms with Crippen molar-refractivity contribution >= 4 is 46.3 Å². The van der Waals surface area contributed by atoms with Gasteiger partial charge in [0, 0.05) is 36.7 Å². The van der Waals surface area contributed by atoms with E-state index in [-0.39, 0.29) is 24.2 Å². The number of carbonyl (C=O) groups excluding carboxylic acids is 3. The number of thiophene rings is 1. The summed E-state index contributed by atoms with van der Waals surface area (Å²) in [5.74, 6) is 0.135. The number of aryl methyl sites for hydroxylation is 1. The zero-order valence-electron chi connectivity index (χ0n) is 23.7. The number of piperazine rings is 1. The lowest BCUT2D eigenvalue weighted by Crippen LogP contribution is -2.60. The third-order valence-corrected chi connectivity index (χ3v) is 8.36. The van der Waals surface area contributed by atoms with Gasteiger partial charge < -0.3 is 20.3 Å². The fourth-order valence-corrected chi connectivity index (χ4v) is 6.02. The van der Waals surface area contributed by atoms with E-state index in [1.54, 1.807) is 17.0 Å². The number of para-hydroxylation sites is 1. The summed E-state index contributed by atoms with van der Waals surface area (Å²) in [5.41, 5.74) is 2.30. The number of carbonyl (C=O) groups is 3. The van der Waals surface area contributed by atoms with E-state index < -0.39 is 18.0 Å². The van der Waals surface area contributed by atoms with Crippen LogP contribution in [0, 0.1) is 6.92 Å². The molecule has 3 amide bonds. The van der Waals surface area contributed by atoms with Crippen molar-refractivity contribution in [3.8, 4) is 11.5 Å². The van der Waals surface area contributed by atoms with Crippen molar-refractivity contribution < 1.29 is 19.1 Å². The molecule has 3 aromatic carbocycles. The van der Waals surface area contributed by atoms with Gasteiger partial charge in [0.1, 0.15) is 29.5 Å². The van der Waals surface area contributed by atoms with E-state index in [4.69, 9.17) is 16.3 Å². The second kappa shape index (κ2) is 14.3. The number of amides is 3. The van der Waals surface area contributed by atoms with E-state index in [1.807, 2.05) is 91.2 Å². The molecule has 0 spiro atoms. The van der Waals surface area contributed by atoms with Crippen LogP contribution in [0.2, 0.25) is 0 Å². The van der Waals surface area contributed by atoms with Gasteiger partial charge in [-0.25, -0.2) is 0 Å². The molecule has 4 aromatic rings. The third kappa shape index (κ3) is 7.43. The maximum atomic E-state index is 14.3. The number of benzene rings is 3. The SMILES string of the molecule is Cc1cc(Oc2ccccc2)ccc1N(C(=O)CCl)[C@@H](C(=O)N1CCNC(C(=O)NCc2ccccc2)C1)c1cccs1. The molecule has 1 unspecified atom stereocenters. The van der Waals surface area contributed by atoms with E-state index in [2.05, 4.69) is 10.6 Å². The largest absolute Gasteiger partial charge is 0.457 e. The number of rotatable bonds is 10. The van der Waals surface area contributed by atoms with Crippen molar-refractivity contribution in [2.45, 2.75) is 25.6 Å².